The van der Waals surface area contributed by atoms with E-state index < -0.39 is 5.60 Å². The van der Waals surface area contributed by atoms with Crippen LogP contribution < -0.4 is 4.90 Å². The van der Waals surface area contributed by atoms with E-state index in [-0.39, 0.29) is 5.97 Å². The molecule has 7 nitrogen and oxygen atoms in total. The number of halogens is 1. The Hall–Kier alpha value is -1.42. The van der Waals surface area contributed by atoms with Crippen molar-refractivity contribution < 1.29 is 9.53 Å². The number of carbonyl (C=O) groups is 1. The number of esters is 1. The fourth-order valence-corrected chi connectivity index (χ4v) is 3.19. The van der Waals surface area contributed by atoms with Gasteiger partial charge in [0, 0.05) is 26.2 Å². The number of aromatic nitrogens is 3. The standard InChI is InChI=1S/C16H22IN5O2/c1-16(2,3)24-15(23)11-20-6-8-21(9-7-20)14-5-4-13-18-10-12(17)22(13)19-14/h4-5,10H,6-9,11H2,1-3H3. The van der Waals surface area contributed by atoms with Gasteiger partial charge in [0.15, 0.2) is 5.65 Å². The van der Waals surface area contributed by atoms with Crippen LogP contribution in [0.5, 0.6) is 0 Å². The van der Waals surface area contributed by atoms with Gasteiger partial charge in [-0.25, -0.2) is 9.50 Å². The van der Waals surface area contributed by atoms with Crippen LogP contribution in [0, 0.1) is 3.70 Å². The minimum atomic E-state index is -0.430. The van der Waals surface area contributed by atoms with E-state index in [1.54, 1.807) is 0 Å². The highest BCUT2D eigenvalue weighted by Gasteiger charge is 2.23. The molecule has 130 valence electrons. The van der Waals surface area contributed by atoms with E-state index >= 15 is 0 Å². The topological polar surface area (TPSA) is 63.0 Å². The van der Waals surface area contributed by atoms with E-state index in [1.165, 1.54) is 0 Å². The van der Waals surface area contributed by atoms with Crippen LogP contribution in [0.1, 0.15) is 20.8 Å². The van der Waals surface area contributed by atoms with Gasteiger partial charge in [0.05, 0.1) is 12.7 Å². The maximum atomic E-state index is 11.9. The second-order valence-corrected chi connectivity index (χ2v) is 8.00. The van der Waals surface area contributed by atoms with Gasteiger partial charge in [0.2, 0.25) is 0 Å². The SMILES string of the molecule is CC(C)(C)OC(=O)CN1CCN(c2ccc3ncc(I)n3n2)CC1. The van der Waals surface area contributed by atoms with Gasteiger partial charge in [0.25, 0.3) is 0 Å². The largest absolute Gasteiger partial charge is 0.459 e. The average molecular weight is 443 g/mol. The van der Waals surface area contributed by atoms with Crippen molar-refractivity contribution >= 4 is 40.0 Å². The first-order valence-corrected chi connectivity index (χ1v) is 9.09. The quantitative estimate of drug-likeness (QED) is 0.533. The van der Waals surface area contributed by atoms with E-state index in [0.717, 1.165) is 41.3 Å². The highest BCUT2D eigenvalue weighted by atomic mass is 127. The van der Waals surface area contributed by atoms with Crippen molar-refractivity contribution in [1.29, 1.82) is 0 Å². The molecule has 1 aliphatic heterocycles. The molecule has 0 amide bonds. The first kappa shape index (κ1) is 17.4. The zero-order valence-electron chi connectivity index (χ0n) is 14.2. The summed E-state index contributed by atoms with van der Waals surface area (Å²) >= 11 is 2.23. The number of fused-ring (bicyclic) bond motifs is 1. The Morgan fingerprint density at radius 2 is 1.96 bits per heavy atom. The van der Waals surface area contributed by atoms with Gasteiger partial charge in [0.1, 0.15) is 15.1 Å². The van der Waals surface area contributed by atoms with Gasteiger partial charge in [-0.1, -0.05) is 0 Å². The van der Waals surface area contributed by atoms with Crippen LogP contribution in [0.25, 0.3) is 5.65 Å². The molecule has 0 N–H and O–H groups in total. The summed E-state index contributed by atoms with van der Waals surface area (Å²) in [6.07, 6.45) is 1.81. The van der Waals surface area contributed by atoms with E-state index in [1.807, 2.05) is 43.6 Å². The molecule has 0 spiro atoms. The Bertz CT molecular complexity index is 732. The zero-order chi connectivity index (χ0) is 17.3. The first-order valence-electron chi connectivity index (χ1n) is 8.01. The lowest BCUT2D eigenvalue weighted by Crippen LogP contribution is -2.49. The number of nitrogens with zero attached hydrogens (tertiary/aromatic N) is 5. The molecule has 3 rings (SSSR count). The minimum Gasteiger partial charge on any atom is -0.459 e. The molecule has 24 heavy (non-hydrogen) atoms. The molecule has 1 saturated heterocycles. The van der Waals surface area contributed by atoms with Crippen molar-refractivity contribution in [3.63, 3.8) is 0 Å². The second kappa shape index (κ2) is 6.83. The Labute approximate surface area is 155 Å². The highest BCUT2D eigenvalue weighted by Crippen LogP contribution is 2.16. The average Bonchev–Trinajstić information content (AvgIpc) is 2.87. The fraction of sp³-hybridized carbons (Fsp3) is 0.562. The summed E-state index contributed by atoms with van der Waals surface area (Å²) in [6.45, 7) is 9.34. The van der Waals surface area contributed by atoms with Crippen LogP contribution in [-0.2, 0) is 9.53 Å². The zero-order valence-corrected chi connectivity index (χ0v) is 16.4. The van der Waals surface area contributed by atoms with Crippen LogP contribution in [0.4, 0.5) is 5.82 Å². The number of rotatable bonds is 3. The molecule has 0 aliphatic carbocycles. The number of hydrogen-bond donors (Lipinski definition) is 0. The molecule has 3 heterocycles. The first-order chi connectivity index (χ1) is 11.3. The number of anilines is 1. The molecular weight excluding hydrogens is 421 g/mol. The van der Waals surface area contributed by atoms with Crippen LogP contribution in [0.3, 0.4) is 0 Å². The predicted molar refractivity (Wildman–Crippen MR) is 100 cm³/mol. The molecule has 0 saturated carbocycles. The Morgan fingerprint density at radius 3 is 2.62 bits per heavy atom. The van der Waals surface area contributed by atoms with Gasteiger partial charge >= 0.3 is 5.97 Å². The lowest BCUT2D eigenvalue weighted by Gasteiger charge is -2.35. The van der Waals surface area contributed by atoms with Gasteiger partial charge in [-0.3, -0.25) is 9.69 Å². The second-order valence-electron chi connectivity index (χ2n) is 6.89. The van der Waals surface area contributed by atoms with Crippen LogP contribution in [0.15, 0.2) is 18.3 Å². The van der Waals surface area contributed by atoms with Crippen LogP contribution >= 0.6 is 22.6 Å². The third-order valence-electron chi connectivity index (χ3n) is 3.78. The summed E-state index contributed by atoms with van der Waals surface area (Å²) in [6, 6.07) is 3.99. The molecule has 0 aromatic carbocycles. The molecule has 0 bridgehead atoms. The van der Waals surface area contributed by atoms with Crippen molar-refractivity contribution in [3.8, 4) is 0 Å². The van der Waals surface area contributed by atoms with Crippen molar-refractivity contribution in [2.24, 2.45) is 0 Å². The number of carbonyl (C=O) groups excluding carboxylic acids is 1. The van der Waals surface area contributed by atoms with Crippen molar-refractivity contribution in [3.05, 3.63) is 22.0 Å². The minimum absolute atomic E-state index is 0.163. The number of piperazine rings is 1. The van der Waals surface area contributed by atoms with Crippen LogP contribution in [0.2, 0.25) is 0 Å². The van der Waals surface area contributed by atoms with Gasteiger partial charge < -0.3 is 9.64 Å². The molecule has 8 heteroatoms. The van der Waals surface area contributed by atoms with E-state index in [0.29, 0.717) is 6.54 Å². The van der Waals surface area contributed by atoms with Crippen LogP contribution in [-0.4, -0.2) is 63.8 Å². The molecule has 1 fully saturated rings. The summed E-state index contributed by atoms with van der Waals surface area (Å²) < 4.78 is 8.23. The Kier molecular flexibility index (Phi) is 4.95. The molecule has 2 aromatic rings. The van der Waals surface area contributed by atoms with E-state index in [2.05, 4.69) is 42.5 Å². The summed E-state index contributed by atoms with van der Waals surface area (Å²) in [5.74, 6) is 0.777. The number of hydrogen-bond acceptors (Lipinski definition) is 6. The monoisotopic (exact) mass is 443 g/mol. The smallest absolute Gasteiger partial charge is 0.320 e. The highest BCUT2D eigenvalue weighted by molar-refractivity contribution is 14.1. The number of ether oxygens (including phenoxy) is 1. The van der Waals surface area contributed by atoms with E-state index in [9.17, 15) is 4.79 Å². The maximum absolute atomic E-state index is 11.9. The summed E-state index contributed by atoms with van der Waals surface area (Å²) in [5.41, 5.74) is 0.423. The van der Waals surface area contributed by atoms with E-state index in [4.69, 9.17) is 4.74 Å². The molecule has 0 atom stereocenters. The molecule has 0 radical (unpaired) electrons. The Morgan fingerprint density at radius 1 is 1.25 bits per heavy atom. The molecule has 0 unspecified atom stereocenters. The van der Waals surface area contributed by atoms with Gasteiger partial charge in [-0.15, -0.1) is 5.10 Å². The summed E-state index contributed by atoms with van der Waals surface area (Å²) in [5, 5.41) is 4.66. The normalized spacial score (nSPS) is 16.6. The summed E-state index contributed by atoms with van der Waals surface area (Å²) in [4.78, 5) is 20.6. The van der Waals surface area contributed by atoms with Gasteiger partial charge in [-0.05, 0) is 55.5 Å². The van der Waals surface area contributed by atoms with Crippen molar-refractivity contribution in [1.82, 2.24) is 19.5 Å². The lowest BCUT2D eigenvalue weighted by molar-refractivity contribution is -0.156. The van der Waals surface area contributed by atoms with Gasteiger partial charge in [-0.2, -0.15) is 0 Å². The third kappa shape index (κ3) is 4.15. The summed E-state index contributed by atoms with van der Waals surface area (Å²) in [7, 11) is 0. The predicted octanol–water partition coefficient (Wildman–Crippen LogP) is 1.80. The molecule has 2 aromatic heterocycles. The maximum Gasteiger partial charge on any atom is 0.320 e. The Balaban J connectivity index is 1.58. The molecular formula is C16H22IN5O2. The number of imidazole rings is 1. The fourth-order valence-electron chi connectivity index (χ4n) is 2.70. The molecule has 1 aliphatic rings. The third-order valence-corrected chi connectivity index (χ3v) is 4.51. The van der Waals surface area contributed by atoms with Crippen molar-refractivity contribution in [2.45, 2.75) is 26.4 Å². The lowest BCUT2D eigenvalue weighted by atomic mass is 10.2. The van der Waals surface area contributed by atoms with Crippen molar-refractivity contribution in [2.75, 3.05) is 37.6 Å².